The van der Waals surface area contributed by atoms with Gasteiger partial charge in [0.15, 0.2) is 0 Å². The number of benzene rings is 3. The summed E-state index contributed by atoms with van der Waals surface area (Å²) in [5.74, 6) is 0.205. The van der Waals surface area contributed by atoms with Crippen LogP contribution in [0.1, 0.15) is 30.0 Å². The first-order chi connectivity index (χ1) is 17.0. The predicted molar refractivity (Wildman–Crippen MR) is 142 cm³/mol. The fraction of sp³-hybridized carbons (Fsp3) is 0.286. The van der Waals surface area contributed by atoms with Crippen LogP contribution in [0.25, 0.3) is 0 Å². The number of nitrogens with one attached hydrogen (secondary N) is 1. The van der Waals surface area contributed by atoms with Crippen LogP contribution in [0.5, 0.6) is 0 Å². The summed E-state index contributed by atoms with van der Waals surface area (Å²) < 4.78 is 13.5. The molecule has 0 saturated carbocycles. The molecule has 1 N–H and O–H groups in total. The van der Waals surface area contributed by atoms with Gasteiger partial charge in [-0.25, -0.2) is 4.39 Å². The van der Waals surface area contributed by atoms with Crippen molar-refractivity contribution < 1.29 is 14.0 Å². The molecule has 0 radical (unpaired) electrons. The van der Waals surface area contributed by atoms with Gasteiger partial charge in [-0.15, -0.1) is 11.8 Å². The molecule has 7 heteroatoms. The van der Waals surface area contributed by atoms with Crippen LogP contribution >= 0.6 is 23.4 Å². The first-order valence-corrected chi connectivity index (χ1v) is 13.2. The standard InChI is InChI=1S/C28H30ClFN2O2S/c1-2-16-31-28(34)26(17-21-6-4-3-5-7-21)32(18-22-10-14-25(30)15-11-22)27(33)20-35-19-23-8-12-24(29)13-9-23/h3-15,26H,2,16-20H2,1H3,(H,31,34)/t26-/m1/s1. The van der Waals surface area contributed by atoms with Crippen molar-refractivity contribution >= 4 is 35.2 Å². The maximum atomic E-state index is 13.5. The van der Waals surface area contributed by atoms with E-state index < -0.39 is 6.04 Å². The SMILES string of the molecule is CCCNC(=O)[C@@H](Cc1ccccc1)N(Cc1ccc(F)cc1)C(=O)CSCc1ccc(Cl)cc1. The van der Waals surface area contributed by atoms with E-state index in [1.807, 2.05) is 61.5 Å². The Hall–Kier alpha value is -2.83. The molecule has 0 aliphatic rings. The maximum Gasteiger partial charge on any atom is 0.243 e. The van der Waals surface area contributed by atoms with E-state index in [9.17, 15) is 14.0 Å². The summed E-state index contributed by atoms with van der Waals surface area (Å²) in [7, 11) is 0. The first kappa shape index (κ1) is 26.8. The van der Waals surface area contributed by atoms with Crippen molar-refractivity contribution in [2.45, 2.75) is 38.1 Å². The molecule has 0 bridgehead atoms. The number of carbonyl (C=O) groups is 2. The molecule has 0 aliphatic heterocycles. The molecule has 4 nitrogen and oxygen atoms in total. The van der Waals surface area contributed by atoms with E-state index in [1.54, 1.807) is 17.0 Å². The molecule has 0 spiro atoms. The summed E-state index contributed by atoms with van der Waals surface area (Å²) in [5.41, 5.74) is 2.80. The van der Waals surface area contributed by atoms with Gasteiger partial charge in [-0.1, -0.05) is 73.1 Å². The Labute approximate surface area is 215 Å². The van der Waals surface area contributed by atoms with Gasteiger partial charge >= 0.3 is 0 Å². The average Bonchev–Trinajstić information content (AvgIpc) is 2.87. The van der Waals surface area contributed by atoms with E-state index in [-0.39, 0.29) is 29.9 Å². The van der Waals surface area contributed by atoms with Gasteiger partial charge in [0.1, 0.15) is 11.9 Å². The molecule has 1 atom stereocenters. The number of hydrogen-bond acceptors (Lipinski definition) is 3. The minimum Gasteiger partial charge on any atom is -0.354 e. The molecule has 3 rings (SSSR count). The highest BCUT2D eigenvalue weighted by Crippen LogP contribution is 2.19. The Bertz CT molecular complexity index is 1080. The summed E-state index contributed by atoms with van der Waals surface area (Å²) in [5, 5.41) is 3.63. The van der Waals surface area contributed by atoms with E-state index in [0.717, 1.165) is 23.1 Å². The molecule has 3 aromatic carbocycles. The van der Waals surface area contributed by atoms with Crippen molar-refractivity contribution in [1.29, 1.82) is 0 Å². The monoisotopic (exact) mass is 512 g/mol. The Kier molecular flexibility index (Phi) is 10.6. The van der Waals surface area contributed by atoms with E-state index >= 15 is 0 Å². The van der Waals surface area contributed by atoms with Crippen LogP contribution in [-0.4, -0.2) is 35.1 Å². The second kappa shape index (κ2) is 13.9. The molecular weight excluding hydrogens is 483 g/mol. The van der Waals surface area contributed by atoms with Crippen LogP contribution in [0, 0.1) is 5.82 Å². The van der Waals surface area contributed by atoms with Gasteiger partial charge in [0, 0.05) is 30.3 Å². The van der Waals surface area contributed by atoms with Crippen molar-refractivity contribution in [3.8, 4) is 0 Å². The smallest absolute Gasteiger partial charge is 0.243 e. The summed E-state index contributed by atoms with van der Waals surface area (Å²) in [4.78, 5) is 28.4. The van der Waals surface area contributed by atoms with Crippen LogP contribution in [0.15, 0.2) is 78.9 Å². The van der Waals surface area contributed by atoms with Crippen LogP contribution in [0.3, 0.4) is 0 Å². The van der Waals surface area contributed by atoms with Crippen molar-refractivity contribution in [2.24, 2.45) is 0 Å². The number of nitrogens with zero attached hydrogens (tertiary/aromatic N) is 1. The molecule has 0 aromatic heterocycles. The number of halogens is 2. The highest BCUT2D eigenvalue weighted by molar-refractivity contribution is 7.99. The first-order valence-electron chi connectivity index (χ1n) is 11.6. The van der Waals surface area contributed by atoms with Gasteiger partial charge in [0.25, 0.3) is 0 Å². The molecule has 0 saturated heterocycles. The van der Waals surface area contributed by atoms with E-state index in [1.165, 1.54) is 23.9 Å². The number of rotatable bonds is 12. The normalized spacial score (nSPS) is 11.6. The molecule has 0 fully saturated rings. The number of carbonyl (C=O) groups excluding carboxylic acids is 2. The van der Waals surface area contributed by atoms with Crippen LogP contribution < -0.4 is 5.32 Å². The van der Waals surface area contributed by atoms with Crippen LogP contribution in [0.2, 0.25) is 5.02 Å². The van der Waals surface area contributed by atoms with Gasteiger partial charge < -0.3 is 10.2 Å². The van der Waals surface area contributed by atoms with Gasteiger partial charge in [-0.3, -0.25) is 9.59 Å². The highest BCUT2D eigenvalue weighted by Gasteiger charge is 2.30. The lowest BCUT2D eigenvalue weighted by atomic mass is 10.0. The highest BCUT2D eigenvalue weighted by atomic mass is 35.5. The van der Waals surface area contributed by atoms with E-state index in [4.69, 9.17) is 11.6 Å². The molecule has 0 aliphatic carbocycles. The molecule has 0 unspecified atom stereocenters. The lowest BCUT2D eigenvalue weighted by Gasteiger charge is -2.31. The second-order valence-corrected chi connectivity index (χ2v) is 9.69. The van der Waals surface area contributed by atoms with Crippen molar-refractivity contribution in [3.05, 3.63) is 106 Å². The van der Waals surface area contributed by atoms with Crippen molar-refractivity contribution in [2.75, 3.05) is 12.3 Å². The average molecular weight is 513 g/mol. The summed E-state index contributed by atoms with van der Waals surface area (Å²) >= 11 is 7.45. The zero-order valence-electron chi connectivity index (χ0n) is 19.8. The van der Waals surface area contributed by atoms with Gasteiger partial charge in [-0.05, 0) is 47.4 Å². The minimum atomic E-state index is -0.683. The Morgan fingerprint density at radius 2 is 1.60 bits per heavy atom. The Balaban J connectivity index is 1.81. The summed E-state index contributed by atoms with van der Waals surface area (Å²) in [6.07, 6.45) is 1.19. The van der Waals surface area contributed by atoms with Gasteiger partial charge in [-0.2, -0.15) is 0 Å². The molecule has 35 heavy (non-hydrogen) atoms. The third-order valence-corrected chi connectivity index (χ3v) is 6.73. The Morgan fingerprint density at radius 1 is 0.943 bits per heavy atom. The van der Waals surface area contributed by atoms with Gasteiger partial charge in [0.05, 0.1) is 5.75 Å². The summed E-state index contributed by atoms with van der Waals surface area (Å²) in [6.45, 7) is 2.74. The van der Waals surface area contributed by atoms with Crippen molar-refractivity contribution in [1.82, 2.24) is 10.2 Å². The van der Waals surface area contributed by atoms with Crippen LogP contribution in [-0.2, 0) is 28.3 Å². The van der Waals surface area contributed by atoms with Gasteiger partial charge in [0.2, 0.25) is 11.8 Å². The molecule has 2 amide bonds. The minimum absolute atomic E-state index is 0.138. The zero-order chi connectivity index (χ0) is 25.0. The number of amides is 2. The number of hydrogen-bond donors (Lipinski definition) is 1. The summed E-state index contributed by atoms with van der Waals surface area (Å²) in [6, 6.07) is 22.6. The lowest BCUT2D eigenvalue weighted by molar-refractivity contribution is -0.139. The molecule has 0 heterocycles. The lowest BCUT2D eigenvalue weighted by Crippen LogP contribution is -2.51. The fourth-order valence-electron chi connectivity index (χ4n) is 3.63. The zero-order valence-corrected chi connectivity index (χ0v) is 21.3. The van der Waals surface area contributed by atoms with Crippen molar-refractivity contribution in [3.63, 3.8) is 0 Å². The molecular formula is C28H30ClFN2O2S. The largest absolute Gasteiger partial charge is 0.354 e. The predicted octanol–water partition coefficient (Wildman–Crippen LogP) is 5.88. The quantitative estimate of drug-likeness (QED) is 0.330. The van der Waals surface area contributed by atoms with E-state index in [2.05, 4.69) is 5.32 Å². The molecule has 184 valence electrons. The fourth-order valence-corrected chi connectivity index (χ4v) is 4.62. The molecule has 3 aromatic rings. The third kappa shape index (κ3) is 8.71. The third-order valence-electron chi connectivity index (χ3n) is 5.49. The van der Waals surface area contributed by atoms with E-state index in [0.29, 0.717) is 23.7 Å². The topological polar surface area (TPSA) is 49.4 Å². The number of thioether (sulfide) groups is 1. The maximum absolute atomic E-state index is 13.5. The van der Waals surface area contributed by atoms with Crippen LogP contribution in [0.4, 0.5) is 4.39 Å². The Morgan fingerprint density at radius 3 is 2.26 bits per heavy atom. The second-order valence-electron chi connectivity index (χ2n) is 8.26.